The van der Waals surface area contributed by atoms with Crippen LogP contribution in [0.25, 0.3) is 0 Å². The largest absolute Gasteiger partial charge is 0.362 e. The van der Waals surface area contributed by atoms with E-state index >= 15 is 0 Å². The maximum atomic E-state index is 12.9. The number of anilines is 1. The van der Waals surface area contributed by atoms with E-state index in [-0.39, 0.29) is 12.0 Å². The van der Waals surface area contributed by atoms with Crippen molar-refractivity contribution in [1.82, 2.24) is 10.2 Å². The van der Waals surface area contributed by atoms with Gasteiger partial charge in [0.15, 0.2) is 0 Å². The van der Waals surface area contributed by atoms with Gasteiger partial charge in [0.05, 0.1) is 6.17 Å². The summed E-state index contributed by atoms with van der Waals surface area (Å²) in [6.07, 6.45) is 5.68. The Bertz CT molecular complexity index is 679. The zero-order valence-electron chi connectivity index (χ0n) is 14.9. The molecule has 4 N–H and O–H groups in total. The summed E-state index contributed by atoms with van der Waals surface area (Å²) in [5.74, 6) is -0.239. The van der Waals surface area contributed by atoms with Gasteiger partial charge in [-0.25, -0.2) is 4.39 Å². The molecule has 26 heavy (non-hydrogen) atoms. The molecule has 0 aromatic heterocycles. The first-order chi connectivity index (χ1) is 12.7. The van der Waals surface area contributed by atoms with E-state index in [2.05, 4.69) is 45.9 Å². The van der Waals surface area contributed by atoms with Crippen LogP contribution in [0.5, 0.6) is 0 Å². The molecule has 0 radical (unpaired) electrons. The Morgan fingerprint density at radius 3 is 2.46 bits per heavy atom. The highest BCUT2D eigenvalue weighted by Gasteiger charge is 2.19. The SMILES string of the molecule is NC(/C=C\Nc1ccc(F)cc1)NC1CCN(Cc2ccccc2)CC1. The first-order valence-electron chi connectivity index (χ1n) is 9.16. The van der Waals surface area contributed by atoms with Gasteiger partial charge in [0, 0.05) is 18.3 Å². The normalized spacial score (nSPS) is 17.5. The molecule has 1 aliphatic rings. The Morgan fingerprint density at radius 2 is 1.77 bits per heavy atom. The molecule has 1 aliphatic heterocycles. The fourth-order valence-corrected chi connectivity index (χ4v) is 3.22. The van der Waals surface area contributed by atoms with Crippen molar-refractivity contribution >= 4 is 5.69 Å². The number of nitrogens with two attached hydrogens (primary N) is 1. The minimum Gasteiger partial charge on any atom is -0.362 e. The van der Waals surface area contributed by atoms with Crippen LogP contribution in [0.2, 0.25) is 0 Å². The molecular formula is C21H27FN4. The highest BCUT2D eigenvalue weighted by molar-refractivity contribution is 5.45. The molecule has 0 aliphatic carbocycles. The molecule has 1 fully saturated rings. The molecule has 5 heteroatoms. The van der Waals surface area contributed by atoms with E-state index in [1.807, 2.05) is 6.08 Å². The van der Waals surface area contributed by atoms with Crippen molar-refractivity contribution in [2.45, 2.75) is 31.6 Å². The second-order valence-corrected chi connectivity index (χ2v) is 6.74. The summed E-state index contributed by atoms with van der Waals surface area (Å²) in [6, 6.07) is 17.3. The number of likely N-dealkylation sites (tertiary alicyclic amines) is 1. The molecule has 0 spiro atoms. The maximum absolute atomic E-state index is 12.9. The Kier molecular flexibility index (Phi) is 6.77. The van der Waals surface area contributed by atoms with Crippen LogP contribution in [0, 0.1) is 5.82 Å². The van der Waals surface area contributed by atoms with Crippen molar-refractivity contribution in [3.63, 3.8) is 0 Å². The molecule has 4 nitrogen and oxygen atoms in total. The van der Waals surface area contributed by atoms with Gasteiger partial charge in [-0.3, -0.25) is 10.2 Å². The van der Waals surface area contributed by atoms with E-state index < -0.39 is 0 Å². The predicted octanol–water partition coefficient (Wildman–Crippen LogP) is 3.29. The summed E-state index contributed by atoms with van der Waals surface area (Å²) >= 11 is 0. The van der Waals surface area contributed by atoms with Crippen molar-refractivity contribution in [3.05, 3.63) is 78.3 Å². The van der Waals surface area contributed by atoms with Crippen LogP contribution in [-0.4, -0.2) is 30.2 Å². The first-order valence-corrected chi connectivity index (χ1v) is 9.16. The topological polar surface area (TPSA) is 53.3 Å². The van der Waals surface area contributed by atoms with Crippen LogP contribution in [-0.2, 0) is 6.54 Å². The lowest BCUT2D eigenvalue weighted by molar-refractivity contribution is 0.187. The van der Waals surface area contributed by atoms with Gasteiger partial charge in [-0.2, -0.15) is 0 Å². The van der Waals surface area contributed by atoms with E-state index in [9.17, 15) is 4.39 Å². The Morgan fingerprint density at radius 1 is 1.08 bits per heavy atom. The van der Waals surface area contributed by atoms with Gasteiger partial charge in [0.1, 0.15) is 5.82 Å². The van der Waals surface area contributed by atoms with Crippen LogP contribution in [0.4, 0.5) is 10.1 Å². The quantitative estimate of drug-likeness (QED) is 0.668. The highest BCUT2D eigenvalue weighted by atomic mass is 19.1. The zero-order valence-corrected chi connectivity index (χ0v) is 14.9. The maximum Gasteiger partial charge on any atom is 0.123 e. The molecule has 0 amide bonds. The molecule has 2 aromatic rings. The highest BCUT2D eigenvalue weighted by Crippen LogP contribution is 2.14. The summed E-state index contributed by atoms with van der Waals surface area (Å²) in [6.45, 7) is 3.18. The molecule has 1 saturated heterocycles. The number of piperidine rings is 1. The Hall–Kier alpha value is -2.21. The zero-order chi connectivity index (χ0) is 18.2. The number of nitrogens with zero attached hydrogens (tertiary/aromatic N) is 1. The van der Waals surface area contributed by atoms with Crippen LogP contribution in [0.15, 0.2) is 66.9 Å². The van der Waals surface area contributed by atoms with E-state index in [0.29, 0.717) is 6.04 Å². The lowest BCUT2D eigenvalue weighted by Crippen LogP contribution is -2.48. The third kappa shape index (κ3) is 5.95. The summed E-state index contributed by atoms with van der Waals surface area (Å²) < 4.78 is 12.9. The summed E-state index contributed by atoms with van der Waals surface area (Å²) in [5.41, 5.74) is 8.34. The Labute approximate surface area is 154 Å². The van der Waals surface area contributed by atoms with Crippen LogP contribution >= 0.6 is 0 Å². The minimum absolute atomic E-state index is 0.200. The molecule has 2 aromatic carbocycles. The third-order valence-corrected chi connectivity index (χ3v) is 4.66. The summed E-state index contributed by atoms with van der Waals surface area (Å²) in [7, 11) is 0. The molecule has 1 heterocycles. The number of benzene rings is 2. The lowest BCUT2D eigenvalue weighted by Gasteiger charge is -2.33. The Balaban J connectivity index is 1.37. The van der Waals surface area contributed by atoms with Crippen molar-refractivity contribution in [2.75, 3.05) is 18.4 Å². The molecule has 3 rings (SSSR count). The summed E-state index contributed by atoms with van der Waals surface area (Å²) in [5, 5.41) is 6.56. The van der Waals surface area contributed by atoms with Crippen LogP contribution in [0.1, 0.15) is 18.4 Å². The number of hydrogen-bond donors (Lipinski definition) is 3. The van der Waals surface area contributed by atoms with Crippen molar-refractivity contribution in [1.29, 1.82) is 0 Å². The lowest BCUT2D eigenvalue weighted by atomic mass is 10.0. The fraction of sp³-hybridized carbons (Fsp3) is 0.333. The molecule has 0 saturated carbocycles. The number of hydrogen-bond acceptors (Lipinski definition) is 4. The van der Waals surface area contributed by atoms with Gasteiger partial charge < -0.3 is 11.1 Å². The van der Waals surface area contributed by atoms with Crippen LogP contribution < -0.4 is 16.4 Å². The fourth-order valence-electron chi connectivity index (χ4n) is 3.22. The standard InChI is InChI=1S/C21H27FN4/c22-18-6-8-19(9-7-18)24-13-10-21(23)25-20-11-14-26(15-12-20)16-17-4-2-1-3-5-17/h1-10,13,20-21,24-25H,11-12,14-16,23H2/b13-10-. The van der Waals surface area contributed by atoms with Gasteiger partial charge in [-0.1, -0.05) is 30.3 Å². The molecular weight excluding hydrogens is 327 g/mol. The third-order valence-electron chi connectivity index (χ3n) is 4.66. The molecule has 0 bridgehead atoms. The van der Waals surface area contributed by atoms with Gasteiger partial charge >= 0.3 is 0 Å². The van der Waals surface area contributed by atoms with Crippen molar-refractivity contribution in [2.24, 2.45) is 5.73 Å². The second-order valence-electron chi connectivity index (χ2n) is 6.74. The predicted molar refractivity (Wildman–Crippen MR) is 105 cm³/mol. The van der Waals surface area contributed by atoms with Gasteiger partial charge in [0.2, 0.25) is 0 Å². The number of rotatable bonds is 7. The monoisotopic (exact) mass is 354 g/mol. The van der Waals surface area contributed by atoms with Gasteiger partial charge in [-0.15, -0.1) is 0 Å². The number of halogens is 1. The first kappa shape index (κ1) is 18.6. The molecule has 1 atom stereocenters. The van der Waals surface area contributed by atoms with E-state index in [0.717, 1.165) is 38.2 Å². The van der Waals surface area contributed by atoms with Crippen molar-refractivity contribution < 1.29 is 4.39 Å². The average Bonchev–Trinajstić information content (AvgIpc) is 2.66. The number of nitrogens with one attached hydrogen (secondary N) is 2. The van der Waals surface area contributed by atoms with Gasteiger partial charge in [0.25, 0.3) is 0 Å². The van der Waals surface area contributed by atoms with E-state index in [4.69, 9.17) is 5.73 Å². The smallest absolute Gasteiger partial charge is 0.123 e. The van der Waals surface area contributed by atoms with E-state index in [1.54, 1.807) is 18.3 Å². The van der Waals surface area contributed by atoms with Crippen molar-refractivity contribution in [3.8, 4) is 0 Å². The van der Waals surface area contributed by atoms with Crippen LogP contribution in [0.3, 0.4) is 0 Å². The molecule has 1 unspecified atom stereocenters. The molecule has 138 valence electrons. The summed E-state index contributed by atoms with van der Waals surface area (Å²) in [4.78, 5) is 2.49. The minimum atomic E-state index is -0.239. The van der Waals surface area contributed by atoms with E-state index in [1.165, 1.54) is 17.7 Å². The van der Waals surface area contributed by atoms with Gasteiger partial charge in [-0.05, 0) is 68.0 Å². The second kappa shape index (κ2) is 9.48. The average molecular weight is 354 g/mol.